The van der Waals surface area contributed by atoms with Gasteiger partial charge in [-0.05, 0) is 24.1 Å². The van der Waals surface area contributed by atoms with Crippen LogP contribution in [0.4, 0.5) is 13.2 Å². The predicted octanol–water partition coefficient (Wildman–Crippen LogP) is 1.59. The molecule has 0 radical (unpaired) electrons. The minimum atomic E-state index is -4.40. The summed E-state index contributed by atoms with van der Waals surface area (Å²) in [4.78, 5) is 11.7. The lowest BCUT2D eigenvalue weighted by Crippen LogP contribution is -2.27. The van der Waals surface area contributed by atoms with Gasteiger partial charge in [-0.1, -0.05) is 12.1 Å². The van der Waals surface area contributed by atoms with Crippen molar-refractivity contribution in [2.24, 2.45) is 11.0 Å². The Balaban J connectivity index is 1.91. The lowest BCUT2D eigenvalue weighted by molar-refractivity contribution is -0.137. The standard InChI is InChI=1S/C13H13F3N2O3S/c14-13(15,16)11-3-1-9(2-4-11)7-17-18-12(19)10-5-6-22(20,21)8-10/h1-4,7,10H,5-6,8H2,(H,18,19)/b17-7-/t10-/m1/s1. The van der Waals surface area contributed by atoms with Crippen molar-refractivity contribution in [2.45, 2.75) is 12.6 Å². The summed E-state index contributed by atoms with van der Waals surface area (Å²) in [7, 11) is -3.16. The number of hydrogen-bond acceptors (Lipinski definition) is 4. The molecule has 2 rings (SSSR count). The van der Waals surface area contributed by atoms with E-state index in [-0.39, 0.29) is 17.9 Å². The molecular formula is C13H13F3N2O3S. The third kappa shape index (κ3) is 4.30. The van der Waals surface area contributed by atoms with E-state index in [0.29, 0.717) is 5.56 Å². The van der Waals surface area contributed by atoms with Gasteiger partial charge < -0.3 is 0 Å². The van der Waals surface area contributed by atoms with Crippen LogP contribution in [0.2, 0.25) is 0 Å². The molecule has 0 unspecified atom stereocenters. The number of benzene rings is 1. The first-order valence-corrected chi connectivity index (χ1v) is 8.20. The number of sulfone groups is 1. The molecule has 0 saturated carbocycles. The van der Waals surface area contributed by atoms with E-state index in [1.807, 2.05) is 0 Å². The molecule has 1 aliphatic heterocycles. The molecule has 1 atom stereocenters. The van der Waals surface area contributed by atoms with Gasteiger partial charge in [0.15, 0.2) is 9.84 Å². The van der Waals surface area contributed by atoms with Crippen molar-refractivity contribution in [3.8, 4) is 0 Å². The molecule has 0 spiro atoms. The summed E-state index contributed by atoms with van der Waals surface area (Å²) in [6, 6.07) is 4.26. The van der Waals surface area contributed by atoms with Gasteiger partial charge in [-0.2, -0.15) is 18.3 Å². The van der Waals surface area contributed by atoms with Gasteiger partial charge in [0.1, 0.15) is 0 Å². The number of hydrogen-bond donors (Lipinski definition) is 1. The van der Waals surface area contributed by atoms with Crippen LogP contribution in [0.3, 0.4) is 0 Å². The zero-order chi connectivity index (χ0) is 16.4. The lowest BCUT2D eigenvalue weighted by atomic mass is 10.1. The average Bonchev–Trinajstić information content (AvgIpc) is 2.79. The Kier molecular flexibility index (Phi) is 4.55. The van der Waals surface area contributed by atoms with Crippen LogP contribution in [0.25, 0.3) is 0 Å². The van der Waals surface area contributed by atoms with Crippen molar-refractivity contribution < 1.29 is 26.4 Å². The number of carbonyl (C=O) groups excluding carboxylic acids is 1. The molecule has 1 amide bonds. The maximum Gasteiger partial charge on any atom is 0.416 e. The predicted molar refractivity (Wildman–Crippen MR) is 73.9 cm³/mol. The fourth-order valence-corrected chi connectivity index (χ4v) is 3.76. The van der Waals surface area contributed by atoms with Crippen LogP contribution in [0.5, 0.6) is 0 Å². The average molecular weight is 334 g/mol. The number of alkyl halides is 3. The van der Waals surface area contributed by atoms with Crippen LogP contribution in [0.15, 0.2) is 29.4 Å². The van der Waals surface area contributed by atoms with Gasteiger partial charge in [-0.25, -0.2) is 13.8 Å². The summed E-state index contributed by atoms with van der Waals surface area (Å²) in [6.07, 6.45) is -2.96. The molecule has 9 heteroatoms. The number of halogens is 3. The van der Waals surface area contributed by atoms with Crippen molar-refractivity contribution in [1.82, 2.24) is 5.43 Å². The minimum absolute atomic E-state index is 0.0201. The van der Waals surface area contributed by atoms with Crippen LogP contribution >= 0.6 is 0 Å². The maximum atomic E-state index is 12.4. The van der Waals surface area contributed by atoms with Crippen molar-refractivity contribution in [3.63, 3.8) is 0 Å². The topological polar surface area (TPSA) is 75.6 Å². The Hall–Kier alpha value is -1.90. The van der Waals surface area contributed by atoms with E-state index in [1.54, 1.807) is 0 Å². The van der Waals surface area contributed by atoms with Gasteiger partial charge in [-0.15, -0.1) is 0 Å². The molecule has 0 aliphatic carbocycles. The molecular weight excluding hydrogens is 321 g/mol. The molecule has 1 aliphatic rings. The molecule has 1 heterocycles. The third-order valence-corrected chi connectivity index (χ3v) is 5.00. The van der Waals surface area contributed by atoms with Crippen LogP contribution in [-0.4, -0.2) is 32.0 Å². The highest BCUT2D eigenvalue weighted by Crippen LogP contribution is 2.28. The highest BCUT2D eigenvalue weighted by atomic mass is 32.2. The van der Waals surface area contributed by atoms with E-state index < -0.39 is 33.4 Å². The molecule has 120 valence electrons. The Labute approximate surface area is 125 Å². The van der Waals surface area contributed by atoms with Gasteiger partial charge in [0.05, 0.1) is 29.2 Å². The molecule has 1 saturated heterocycles. The van der Waals surface area contributed by atoms with Gasteiger partial charge >= 0.3 is 6.18 Å². The monoisotopic (exact) mass is 334 g/mol. The SMILES string of the molecule is O=C(N/N=C\c1ccc(C(F)(F)F)cc1)[C@@H]1CCS(=O)(=O)C1. The van der Waals surface area contributed by atoms with Crippen molar-refractivity contribution in [3.05, 3.63) is 35.4 Å². The first-order valence-electron chi connectivity index (χ1n) is 6.38. The van der Waals surface area contributed by atoms with Gasteiger partial charge in [0, 0.05) is 0 Å². The van der Waals surface area contributed by atoms with Crippen LogP contribution in [0.1, 0.15) is 17.5 Å². The Morgan fingerprint density at radius 3 is 2.41 bits per heavy atom. The van der Waals surface area contributed by atoms with E-state index >= 15 is 0 Å². The first-order chi connectivity index (χ1) is 10.2. The normalized spacial score (nSPS) is 21.1. The third-order valence-electron chi connectivity index (χ3n) is 3.23. The molecule has 5 nitrogen and oxygen atoms in total. The van der Waals surface area contributed by atoms with E-state index in [0.717, 1.165) is 12.1 Å². The summed E-state index contributed by atoms with van der Waals surface area (Å²) in [6.45, 7) is 0. The molecule has 0 aromatic heterocycles. The Bertz CT molecular complexity index is 681. The van der Waals surface area contributed by atoms with E-state index in [4.69, 9.17) is 0 Å². The summed E-state index contributed by atoms with van der Waals surface area (Å²) in [5.74, 6) is -1.36. The zero-order valence-electron chi connectivity index (χ0n) is 11.3. The number of nitrogens with zero attached hydrogens (tertiary/aromatic N) is 1. The lowest BCUT2D eigenvalue weighted by Gasteiger charge is -2.06. The van der Waals surface area contributed by atoms with Crippen LogP contribution in [0, 0.1) is 5.92 Å². The van der Waals surface area contributed by atoms with Crippen molar-refractivity contribution in [2.75, 3.05) is 11.5 Å². The number of nitrogens with one attached hydrogen (secondary N) is 1. The smallest absolute Gasteiger partial charge is 0.273 e. The van der Waals surface area contributed by atoms with E-state index in [1.165, 1.54) is 18.3 Å². The molecule has 1 N–H and O–H groups in total. The highest BCUT2D eigenvalue weighted by Gasteiger charge is 2.33. The first kappa shape index (κ1) is 16.5. The van der Waals surface area contributed by atoms with Crippen molar-refractivity contribution >= 4 is 22.0 Å². The van der Waals surface area contributed by atoms with Gasteiger partial charge in [-0.3, -0.25) is 4.79 Å². The van der Waals surface area contributed by atoms with Gasteiger partial charge in [0.2, 0.25) is 5.91 Å². The Morgan fingerprint density at radius 1 is 1.27 bits per heavy atom. The molecule has 22 heavy (non-hydrogen) atoms. The summed E-state index contributed by atoms with van der Waals surface area (Å²) in [5.41, 5.74) is 1.81. The van der Waals surface area contributed by atoms with Crippen molar-refractivity contribution in [1.29, 1.82) is 0 Å². The molecule has 0 bridgehead atoms. The largest absolute Gasteiger partial charge is 0.416 e. The molecule has 1 fully saturated rings. The highest BCUT2D eigenvalue weighted by molar-refractivity contribution is 7.91. The number of amides is 1. The fourth-order valence-electron chi connectivity index (χ4n) is 2.02. The van der Waals surface area contributed by atoms with Crippen LogP contribution in [-0.2, 0) is 20.8 Å². The van der Waals surface area contributed by atoms with E-state index in [9.17, 15) is 26.4 Å². The van der Waals surface area contributed by atoms with Gasteiger partial charge in [0.25, 0.3) is 0 Å². The quantitative estimate of drug-likeness (QED) is 0.674. The maximum absolute atomic E-state index is 12.4. The minimum Gasteiger partial charge on any atom is -0.273 e. The Morgan fingerprint density at radius 2 is 1.91 bits per heavy atom. The second-order valence-corrected chi connectivity index (χ2v) is 7.18. The van der Waals surface area contributed by atoms with E-state index in [2.05, 4.69) is 10.5 Å². The molecule has 1 aromatic rings. The molecule has 1 aromatic carbocycles. The second kappa shape index (κ2) is 6.07. The summed E-state index contributed by atoms with van der Waals surface area (Å²) in [5, 5.41) is 3.63. The summed E-state index contributed by atoms with van der Waals surface area (Å²) >= 11 is 0. The zero-order valence-corrected chi connectivity index (χ0v) is 12.1. The number of carbonyl (C=O) groups is 1. The number of hydrazone groups is 1. The number of rotatable bonds is 3. The van der Waals surface area contributed by atoms with Crippen LogP contribution < -0.4 is 5.43 Å². The fraction of sp³-hybridized carbons (Fsp3) is 0.385. The second-order valence-electron chi connectivity index (χ2n) is 4.95. The summed E-state index contributed by atoms with van der Waals surface area (Å²) < 4.78 is 59.6.